The minimum atomic E-state index is -0.123. The molecule has 0 aliphatic carbocycles. The van der Waals surface area contributed by atoms with Gasteiger partial charge < -0.3 is 20.7 Å². The van der Waals surface area contributed by atoms with Crippen molar-refractivity contribution in [2.24, 2.45) is 0 Å². The molecule has 1 fully saturated rings. The first-order chi connectivity index (χ1) is 10.1. The molecule has 0 bridgehead atoms. The first-order valence-electron chi connectivity index (χ1n) is 7.43. The number of amides is 1. The van der Waals surface area contributed by atoms with Crippen LogP contribution in [0.4, 0.5) is 17.1 Å². The third-order valence-corrected chi connectivity index (χ3v) is 4.27. The number of nitrogens with one attached hydrogen (secondary N) is 1. The van der Waals surface area contributed by atoms with E-state index in [0.717, 1.165) is 31.9 Å². The summed E-state index contributed by atoms with van der Waals surface area (Å²) in [6, 6.07) is 4.22. The largest absolute Gasteiger partial charge is 0.482 e. The third kappa shape index (κ3) is 2.63. The van der Waals surface area contributed by atoms with E-state index >= 15 is 0 Å². The van der Waals surface area contributed by atoms with Crippen molar-refractivity contribution in [3.8, 4) is 5.75 Å². The summed E-state index contributed by atoms with van der Waals surface area (Å²) in [7, 11) is 0. The minimum Gasteiger partial charge on any atom is -0.482 e. The quantitative estimate of drug-likeness (QED) is 0.799. The van der Waals surface area contributed by atoms with Gasteiger partial charge in [-0.2, -0.15) is 0 Å². The Morgan fingerprint density at radius 2 is 2.24 bits per heavy atom. The number of fused-ring (bicyclic) bond motifs is 1. The van der Waals surface area contributed by atoms with Crippen molar-refractivity contribution < 1.29 is 9.53 Å². The fourth-order valence-corrected chi connectivity index (χ4v) is 3.09. The summed E-state index contributed by atoms with van der Waals surface area (Å²) in [5, 5.41) is 2.84. The van der Waals surface area contributed by atoms with Gasteiger partial charge in [0.1, 0.15) is 5.75 Å². The number of nitrogens with zero attached hydrogens (tertiary/aromatic N) is 2. The van der Waals surface area contributed by atoms with Crippen molar-refractivity contribution >= 4 is 23.0 Å². The van der Waals surface area contributed by atoms with E-state index in [2.05, 4.69) is 29.0 Å². The van der Waals surface area contributed by atoms with Crippen LogP contribution in [0.25, 0.3) is 0 Å². The molecule has 0 aromatic heterocycles. The number of benzene rings is 1. The summed E-state index contributed by atoms with van der Waals surface area (Å²) in [4.78, 5) is 16.2. The summed E-state index contributed by atoms with van der Waals surface area (Å²) < 4.78 is 5.40. The fourth-order valence-electron chi connectivity index (χ4n) is 3.09. The van der Waals surface area contributed by atoms with Gasteiger partial charge >= 0.3 is 0 Å². The summed E-state index contributed by atoms with van der Waals surface area (Å²) in [5.74, 6) is 0.526. The van der Waals surface area contributed by atoms with Crippen LogP contribution in [0, 0.1) is 0 Å². The van der Waals surface area contributed by atoms with Gasteiger partial charge in [0.15, 0.2) is 6.61 Å². The van der Waals surface area contributed by atoms with E-state index in [9.17, 15) is 4.79 Å². The lowest BCUT2D eigenvalue weighted by atomic mass is 10.1. The first-order valence-corrected chi connectivity index (χ1v) is 7.43. The van der Waals surface area contributed by atoms with E-state index in [4.69, 9.17) is 10.5 Å². The molecule has 3 rings (SSSR count). The Morgan fingerprint density at radius 3 is 2.95 bits per heavy atom. The Morgan fingerprint density at radius 1 is 1.43 bits per heavy atom. The van der Waals surface area contributed by atoms with Crippen molar-refractivity contribution in [2.75, 3.05) is 48.7 Å². The lowest BCUT2D eigenvalue weighted by Gasteiger charge is -2.41. The van der Waals surface area contributed by atoms with Gasteiger partial charge in [0.05, 0.1) is 17.1 Å². The number of hydrogen-bond acceptors (Lipinski definition) is 5. The number of carbonyl (C=O) groups is 1. The molecular formula is C15H22N4O2. The van der Waals surface area contributed by atoms with Crippen LogP contribution in [0.1, 0.15) is 13.8 Å². The second-order valence-corrected chi connectivity index (χ2v) is 5.67. The van der Waals surface area contributed by atoms with Gasteiger partial charge in [0, 0.05) is 31.7 Å². The van der Waals surface area contributed by atoms with Crippen molar-refractivity contribution in [1.82, 2.24) is 4.90 Å². The number of nitrogens with two attached hydrogens (primary N) is 1. The van der Waals surface area contributed by atoms with Crippen molar-refractivity contribution in [1.29, 1.82) is 0 Å². The molecule has 1 unspecified atom stereocenters. The summed E-state index contributed by atoms with van der Waals surface area (Å²) in [6.07, 6.45) is 0. The maximum atomic E-state index is 11.4. The predicted molar refractivity (Wildman–Crippen MR) is 83.9 cm³/mol. The molecule has 21 heavy (non-hydrogen) atoms. The summed E-state index contributed by atoms with van der Waals surface area (Å²) >= 11 is 0. The zero-order valence-corrected chi connectivity index (χ0v) is 12.6. The molecule has 1 aromatic carbocycles. The van der Waals surface area contributed by atoms with Gasteiger partial charge in [-0.3, -0.25) is 9.69 Å². The highest BCUT2D eigenvalue weighted by Gasteiger charge is 2.25. The molecule has 114 valence electrons. The fraction of sp³-hybridized carbons (Fsp3) is 0.533. The van der Waals surface area contributed by atoms with E-state index in [1.807, 2.05) is 6.07 Å². The number of piperazine rings is 1. The average molecular weight is 290 g/mol. The molecule has 1 atom stereocenters. The van der Waals surface area contributed by atoms with Crippen LogP contribution in [0.15, 0.2) is 12.1 Å². The number of hydrogen-bond donors (Lipinski definition) is 2. The molecule has 6 nitrogen and oxygen atoms in total. The molecule has 1 aromatic rings. The smallest absolute Gasteiger partial charge is 0.262 e. The monoisotopic (exact) mass is 290 g/mol. The molecule has 0 saturated carbocycles. The minimum absolute atomic E-state index is 0.0536. The zero-order valence-electron chi connectivity index (χ0n) is 12.6. The van der Waals surface area contributed by atoms with Gasteiger partial charge in [0.2, 0.25) is 0 Å². The van der Waals surface area contributed by atoms with Crippen LogP contribution >= 0.6 is 0 Å². The molecular weight excluding hydrogens is 268 g/mol. The molecule has 2 aliphatic rings. The average Bonchev–Trinajstić information content (AvgIpc) is 2.47. The second-order valence-electron chi connectivity index (χ2n) is 5.67. The maximum absolute atomic E-state index is 11.4. The van der Waals surface area contributed by atoms with E-state index in [1.54, 1.807) is 6.07 Å². The molecule has 1 saturated heterocycles. The Hall–Kier alpha value is -1.95. The molecule has 0 spiro atoms. The number of anilines is 3. The molecule has 3 N–H and O–H groups in total. The highest BCUT2D eigenvalue weighted by Crippen LogP contribution is 2.37. The number of nitrogen functional groups attached to an aromatic ring is 1. The van der Waals surface area contributed by atoms with E-state index in [0.29, 0.717) is 23.2 Å². The number of carbonyl (C=O) groups excluding carboxylic acids is 1. The second kappa shape index (κ2) is 5.44. The Balaban J connectivity index is 1.86. The van der Waals surface area contributed by atoms with E-state index in [-0.39, 0.29) is 12.5 Å². The molecule has 6 heteroatoms. The van der Waals surface area contributed by atoms with Crippen molar-refractivity contribution in [2.45, 2.75) is 19.9 Å². The summed E-state index contributed by atoms with van der Waals surface area (Å²) in [5.41, 5.74) is 8.55. The zero-order chi connectivity index (χ0) is 15.0. The van der Waals surface area contributed by atoms with Crippen LogP contribution < -0.4 is 20.7 Å². The number of likely N-dealkylation sites (N-methyl/N-ethyl adjacent to an activating group) is 1. The van der Waals surface area contributed by atoms with Gasteiger partial charge in [-0.05, 0) is 19.5 Å². The molecule has 2 aliphatic heterocycles. The van der Waals surface area contributed by atoms with Crippen LogP contribution in [-0.4, -0.2) is 49.6 Å². The first kappa shape index (κ1) is 14.0. The van der Waals surface area contributed by atoms with Crippen LogP contribution in [0.2, 0.25) is 0 Å². The van der Waals surface area contributed by atoms with Crippen LogP contribution in [-0.2, 0) is 4.79 Å². The lowest BCUT2D eigenvalue weighted by molar-refractivity contribution is -0.118. The lowest BCUT2D eigenvalue weighted by Crippen LogP contribution is -2.51. The van der Waals surface area contributed by atoms with Crippen molar-refractivity contribution in [3.63, 3.8) is 0 Å². The maximum Gasteiger partial charge on any atom is 0.262 e. The number of ether oxygens (including phenoxy) is 1. The highest BCUT2D eigenvalue weighted by atomic mass is 16.5. The topological polar surface area (TPSA) is 70.8 Å². The molecule has 2 heterocycles. The predicted octanol–water partition coefficient (Wildman–Crippen LogP) is 1.13. The van der Waals surface area contributed by atoms with Crippen LogP contribution in [0.3, 0.4) is 0 Å². The van der Waals surface area contributed by atoms with E-state index in [1.165, 1.54) is 0 Å². The van der Waals surface area contributed by atoms with E-state index < -0.39 is 0 Å². The van der Waals surface area contributed by atoms with Gasteiger partial charge in [-0.25, -0.2) is 0 Å². The Labute approximate surface area is 124 Å². The van der Waals surface area contributed by atoms with Gasteiger partial charge in [0.25, 0.3) is 5.91 Å². The Kier molecular flexibility index (Phi) is 3.63. The summed E-state index contributed by atoms with van der Waals surface area (Å²) in [6.45, 7) is 8.44. The van der Waals surface area contributed by atoms with Gasteiger partial charge in [-0.1, -0.05) is 6.92 Å². The van der Waals surface area contributed by atoms with Crippen LogP contribution in [0.5, 0.6) is 5.75 Å². The normalized spacial score (nSPS) is 22.5. The SMILES string of the molecule is CCN1CCN(c2cc3c(cc2N)OCC(=O)N3)CC1C. The highest BCUT2D eigenvalue weighted by molar-refractivity contribution is 5.97. The van der Waals surface area contributed by atoms with Crippen molar-refractivity contribution in [3.05, 3.63) is 12.1 Å². The Bertz CT molecular complexity index is 561. The van der Waals surface area contributed by atoms with Gasteiger partial charge in [-0.15, -0.1) is 0 Å². The third-order valence-electron chi connectivity index (χ3n) is 4.27. The standard InChI is InChI=1S/C15H22N4O2/c1-3-18-4-5-19(8-10(18)2)13-7-12-14(6-11(13)16)21-9-15(20)17-12/h6-7,10H,3-5,8-9,16H2,1-2H3,(H,17,20). The molecule has 1 amide bonds. The number of rotatable bonds is 2. The molecule has 0 radical (unpaired) electrons.